The van der Waals surface area contributed by atoms with E-state index in [4.69, 9.17) is 0 Å². The average molecular weight is 344 g/mol. The van der Waals surface area contributed by atoms with Crippen molar-refractivity contribution < 1.29 is 0 Å². The first-order chi connectivity index (χ1) is 12.7. The van der Waals surface area contributed by atoms with Gasteiger partial charge in [0.05, 0.1) is 11.7 Å². The smallest absolute Gasteiger partial charge is 0.224 e. The third-order valence-electron chi connectivity index (χ3n) is 5.20. The predicted molar refractivity (Wildman–Crippen MR) is 104 cm³/mol. The van der Waals surface area contributed by atoms with Gasteiger partial charge < -0.3 is 10.3 Å². The number of pyridine rings is 1. The van der Waals surface area contributed by atoms with Crippen LogP contribution < -0.4 is 5.32 Å². The van der Waals surface area contributed by atoms with Gasteiger partial charge >= 0.3 is 0 Å². The molecule has 0 spiro atoms. The Morgan fingerprint density at radius 1 is 1.38 bits per heavy atom. The van der Waals surface area contributed by atoms with E-state index in [1.807, 2.05) is 35.4 Å². The Kier molecular flexibility index (Phi) is 3.31. The van der Waals surface area contributed by atoms with E-state index >= 15 is 0 Å². The number of aromatic amines is 1. The molecule has 1 atom stereocenters. The van der Waals surface area contributed by atoms with Gasteiger partial charge in [-0.1, -0.05) is 12.7 Å². The largest absolute Gasteiger partial charge is 0.351 e. The van der Waals surface area contributed by atoms with Crippen LogP contribution >= 0.6 is 0 Å². The van der Waals surface area contributed by atoms with Gasteiger partial charge in [0.15, 0.2) is 0 Å². The highest BCUT2D eigenvalue weighted by atomic mass is 15.2. The van der Waals surface area contributed by atoms with Gasteiger partial charge in [0.25, 0.3) is 0 Å². The van der Waals surface area contributed by atoms with E-state index in [1.54, 1.807) is 0 Å². The zero-order valence-electron chi connectivity index (χ0n) is 14.6. The molecule has 1 aliphatic carbocycles. The number of anilines is 1. The Balaban J connectivity index is 1.53. The van der Waals surface area contributed by atoms with E-state index in [0.717, 1.165) is 39.2 Å². The Morgan fingerprint density at radius 3 is 3.08 bits per heavy atom. The lowest BCUT2D eigenvalue weighted by Crippen LogP contribution is -2.18. The van der Waals surface area contributed by atoms with E-state index in [1.165, 1.54) is 12.8 Å². The SMILES string of the molecule is C=Cc1cnn2ccc(-c3c[nH]c4nc(N[C@H](C)C5CC5)ncc34)cc12. The molecule has 130 valence electrons. The molecule has 1 aliphatic rings. The number of fused-ring (bicyclic) bond motifs is 2. The van der Waals surface area contributed by atoms with E-state index in [-0.39, 0.29) is 0 Å². The highest BCUT2D eigenvalue weighted by Crippen LogP contribution is 2.34. The van der Waals surface area contributed by atoms with Crippen molar-refractivity contribution in [2.45, 2.75) is 25.8 Å². The summed E-state index contributed by atoms with van der Waals surface area (Å²) in [5, 5.41) is 8.77. The quantitative estimate of drug-likeness (QED) is 0.571. The third-order valence-corrected chi connectivity index (χ3v) is 5.20. The zero-order chi connectivity index (χ0) is 17.7. The molecule has 2 N–H and O–H groups in total. The first kappa shape index (κ1) is 15.1. The molecule has 0 bridgehead atoms. The van der Waals surface area contributed by atoms with Crippen molar-refractivity contribution in [1.29, 1.82) is 0 Å². The molecular formula is C20H20N6. The summed E-state index contributed by atoms with van der Waals surface area (Å²) in [6.07, 6.45) is 12.1. The number of rotatable bonds is 5. The standard InChI is InChI=1S/C20H20N6/c1-3-13-9-23-26-7-6-15(8-18(13)26)16-10-21-19-17(16)11-22-20(25-19)24-12(2)14-4-5-14/h3,6-12,14H,1,4-5H2,2H3,(H2,21,22,24,25)/t12-/m1/s1. The maximum atomic E-state index is 4.65. The van der Waals surface area contributed by atoms with Crippen molar-refractivity contribution in [2.24, 2.45) is 5.92 Å². The highest BCUT2D eigenvalue weighted by molar-refractivity contribution is 5.94. The van der Waals surface area contributed by atoms with E-state index in [9.17, 15) is 0 Å². The number of hydrogen-bond donors (Lipinski definition) is 2. The molecule has 0 aromatic carbocycles. The lowest BCUT2D eigenvalue weighted by molar-refractivity contribution is 0.687. The molecule has 1 saturated carbocycles. The van der Waals surface area contributed by atoms with E-state index < -0.39 is 0 Å². The number of hydrogen-bond acceptors (Lipinski definition) is 4. The van der Waals surface area contributed by atoms with Crippen LogP contribution in [0.3, 0.4) is 0 Å². The average Bonchev–Trinajstić information content (AvgIpc) is 3.31. The molecule has 1 fully saturated rings. The summed E-state index contributed by atoms with van der Waals surface area (Å²) < 4.78 is 1.85. The van der Waals surface area contributed by atoms with Gasteiger partial charge in [0.1, 0.15) is 5.65 Å². The van der Waals surface area contributed by atoms with Crippen LogP contribution in [0.4, 0.5) is 5.95 Å². The minimum atomic E-state index is 0.420. The van der Waals surface area contributed by atoms with Gasteiger partial charge in [-0.3, -0.25) is 0 Å². The van der Waals surface area contributed by atoms with Crippen LogP contribution in [0, 0.1) is 5.92 Å². The number of nitrogens with one attached hydrogen (secondary N) is 2. The summed E-state index contributed by atoms with van der Waals surface area (Å²) >= 11 is 0. The van der Waals surface area contributed by atoms with Crippen molar-refractivity contribution in [2.75, 3.05) is 5.32 Å². The lowest BCUT2D eigenvalue weighted by Gasteiger charge is -2.12. The zero-order valence-corrected chi connectivity index (χ0v) is 14.6. The second-order valence-electron chi connectivity index (χ2n) is 6.98. The molecule has 26 heavy (non-hydrogen) atoms. The maximum Gasteiger partial charge on any atom is 0.224 e. The monoisotopic (exact) mass is 344 g/mol. The fourth-order valence-corrected chi connectivity index (χ4v) is 3.46. The van der Waals surface area contributed by atoms with Gasteiger partial charge in [0, 0.05) is 41.1 Å². The Bertz CT molecular complexity index is 1120. The summed E-state index contributed by atoms with van der Waals surface area (Å²) in [5.74, 6) is 1.44. The van der Waals surface area contributed by atoms with Crippen molar-refractivity contribution in [3.05, 3.63) is 49.1 Å². The molecule has 0 aliphatic heterocycles. The van der Waals surface area contributed by atoms with E-state index in [2.05, 4.69) is 51.0 Å². The molecule has 5 rings (SSSR count). The van der Waals surface area contributed by atoms with Crippen LogP contribution in [0.15, 0.2) is 43.5 Å². The number of aromatic nitrogens is 5. The summed E-state index contributed by atoms with van der Waals surface area (Å²) in [6, 6.07) is 4.59. The molecule has 4 aromatic rings. The van der Waals surface area contributed by atoms with Crippen molar-refractivity contribution in [3.63, 3.8) is 0 Å². The van der Waals surface area contributed by atoms with Crippen molar-refractivity contribution >= 4 is 28.6 Å². The molecule has 0 unspecified atom stereocenters. The van der Waals surface area contributed by atoms with Crippen molar-refractivity contribution in [1.82, 2.24) is 24.6 Å². The second-order valence-corrected chi connectivity index (χ2v) is 6.98. The Hall–Kier alpha value is -3.15. The van der Waals surface area contributed by atoms with Crippen LogP contribution in [0.2, 0.25) is 0 Å². The highest BCUT2D eigenvalue weighted by Gasteiger charge is 2.28. The van der Waals surface area contributed by atoms with Gasteiger partial charge in [0.2, 0.25) is 5.95 Å². The van der Waals surface area contributed by atoms with Gasteiger partial charge in [-0.2, -0.15) is 10.1 Å². The molecule has 6 heteroatoms. The topological polar surface area (TPSA) is 70.9 Å². The predicted octanol–water partition coefficient (Wildman–Crippen LogP) is 4.13. The van der Waals surface area contributed by atoms with Crippen LogP contribution in [0.5, 0.6) is 0 Å². The molecular weight excluding hydrogens is 324 g/mol. The molecule has 0 amide bonds. The first-order valence-electron chi connectivity index (χ1n) is 8.94. The van der Waals surface area contributed by atoms with Gasteiger partial charge in [-0.25, -0.2) is 9.50 Å². The molecule has 4 aromatic heterocycles. The normalized spacial score (nSPS) is 15.4. The lowest BCUT2D eigenvalue weighted by atomic mass is 10.1. The summed E-state index contributed by atoms with van der Waals surface area (Å²) in [4.78, 5) is 12.5. The van der Waals surface area contributed by atoms with E-state index in [0.29, 0.717) is 12.0 Å². The Morgan fingerprint density at radius 2 is 2.27 bits per heavy atom. The minimum Gasteiger partial charge on any atom is -0.351 e. The summed E-state index contributed by atoms with van der Waals surface area (Å²) in [6.45, 7) is 6.06. The summed E-state index contributed by atoms with van der Waals surface area (Å²) in [5.41, 5.74) is 5.08. The fourth-order valence-electron chi connectivity index (χ4n) is 3.46. The fraction of sp³-hybridized carbons (Fsp3) is 0.250. The number of H-pyrrole nitrogens is 1. The summed E-state index contributed by atoms with van der Waals surface area (Å²) in [7, 11) is 0. The van der Waals surface area contributed by atoms with Crippen LogP contribution in [-0.2, 0) is 0 Å². The van der Waals surface area contributed by atoms with Gasteiger partial charge in [-0.15, -0.1) is 0 Å². The van der Waals surface area contributed by atoms with Crippen LogP contribution in [0.25, 0.3) is 33.8 Å². The molecule has 4 heterocycles. The molecule has 6 nitrogen and oxygen atoms in total. The van der Waals surface area contributed by atoms with Crippen molar-refractivity contribution in [3.8, 4) is 11.1 Å². The van der Waals surface area contributed by atoms with Crippen LogP contribution in [0.1, 0.15) is 25.3 Å². The minimum absolute atomic E-state index is 0.420. The first-order valence-corrected chi connectivity index (χ1v) is 8.94. The Labute approximate surface area is 151 Å². The maximum absolute atomic E-state index is 4.65. The molecule has 0 radical (unpaired) electrons. The van der Waals surface area contributed by atoms with Crippen LogP contribution in [-0.4, -0.2) is 30.6 Å². The third kappa shape index (κ3) is 2.45. The second kappa shape index (κ2) is 5.69. The van der Waals surface area contributed by atoms with Gasteiger partial charge in [-0.05, 0) is 43.4 Å². The number of nitrogens with zero attached hydrogens (tertiary/aromatic N) is 4. The molecule has 0 saturated heterocycles.